The monoisotopic (exact) mass is 220 g/mol. The van der Waals surface area contributed by atoms with Crippen molar-refractivity contribution in [2.75, 3.05) is 6.61 Å². The minimum absolute atomic E-state index is 0.415. The second-order valence-corrected chi connectivity index (χ2v) is 4.57. The number of hydrogen-bond acceptors (Lipinski definition) is 2. The van der Waals surface area contributed by atoms with Crippen LogP contribution in [0.4, 0.5) is 0 Å². The first-order chi connectivity index (χ1) is 7.60. The highest BCUT2D eigenvalue weighted by atomic mass is 16.5. The van der Waals surface area contributed by atoms with Gasteiger partial charge < -0.3 is 9.53 Å². The van der Waals surface area contributed by atoms with Crippen LogP contribution in [0.3, 0.4) is 0 Å². The Morgan fingerprint density at radius 3 is 2.38 bits per heavy atom. The molecule has 0 fully saturated rings. The summed E-state index contributed by atoms with van der Waals surface area (Å²) < 4.78 is 5.56. The Bertz CT molecular complexity index is 325. The number of carbonyl (C=O) groups is 1. The lowest BCUT2D eigenvalue weighted by atomic mass is 9.86. The van der Waals surface area contributed by atoms with Crippen molar-refractivity contribution in [3.63, 3.8) is 0 Å². The van der Waals surface area contributed by atoms with Gasteiger partial charge in [-0.25, -0.2) is 0 Å². The first-order valence-electron chi connectivity index (χ1n) is 5.80. The molecule has 1 rings (SSSR count). The first kappa shape index (κ1) is 12.8. The molecule has 2 nitrogen and oxygen atoms in total. The molecule has 1 aromatic rings. The molecule has 0 aliphatic rings. The standard InChI is InChI=1S/C14H20O2/c1-4-5-10-16-13-8-6-12(7-9-13)14(2,3)11-15/h6-9,11H,4-5,10H2,1-3H3. The highest BCUT2D eigenvalue weighted by molar-refractivity contribution is 5.67. The Labute approximate surface area is 97.6 Å². The van der Waals surface area contributed by atoms with Crippen LogP contribution >= 0.6 is 0 Å². The highest BCUT2D eigenvalue weighted by Crippen LogP contribution is 2.23. The van der Waals surface area contributed by atoms with Crippen molar-refractivity contribution < 1.29 is 9.53 Å². The molecule has 0 radical (unpaired) electrons. The Balaban J connectivity index is 2.64. The average Bonchev–Trinajstić information content (AvgIpc) is 2.30. The average molecular weight is 220 g/mol. The molecule has 0 aliphatic carbocycles. The zero-order chi connectivity index (χ0) is 12.0. The molecule has 0 saturated carbocycles. The van der Waals surface area contributed by atoms with Gasteiger partial charge in [0.2, 0.25) is 0 Å². The molecule has 0 unspecified atom stereocenters. The van der Waals surface area contributed by atoms with Crippen molar-refractivity contribution in [3.05, 3.63) is 29.8 Å². The Hall–Kier alpha value is -1.31. The predicted molar refractivity (Wildman–Crippen MR) is 65.9 cm³/mol. The molecule has 88 valence electrons. The summed E-state index contributed by atoms with van der Waals surface area (Å²) in [4.78, 5) is 10.9. The molecule has 16 heavy (non-hydrogen) atoms. The Morgan fingerprint density at radius 2 is 1.88 bits per heavy atom. The minimum atomic E-state index is -0.415. The van der Waals surface area contributed by atoms with Gasteiger partial charge in [0.1, 0.15) is 12.0 Å². The van der Waals surface area contributed by atoms with Crippen molar-refractivity contribution in [1.29, 1.82) is 0 Å². The van der Waals surface area contributed by atoms with Crippen molar-refractivity contribution >= 4 is 6.29 Å². The molecule has 0 bridgehead atoms. The molecule has 0 heterocycles. The highest BCUT2D eigenvalue weighted by Gasteiger charge is 2.18. The summed E-state index contributed by atoms with van der Waals surface area (Å²) in [6.45, 7) is 6.71. The van der Waals surface area contributed by atoms with Gasteiger partial charge in [-0.05, 0) is 38.0 Å². The van der Waals surface area contributed by atoms with Gasteiger partial charge in [0.05, 0.1) is 6.61 Å². The normalized spacial score (nSPS) is 11.2. The third-order valence-corrected chi connectivity index (χ3v) is 2.66. The van der Waals surface area contributed by atoms with Gasteiger partial charge in [-0.3, -0.25) is 0 Å². The van der Waals surface area contributed by atoms with Gasteiger partial charge in [-0.15, -0.1) is 0 Å². The third-order valence-electron chi connectivity index (χ3n) is 2.66. The Kier molecular flexibility index (Phi) is 4.53. The smallest absolute Gasteiger partial charge is 0.129 e. The maximum atomic E-state index is 10.9. The van der Waals surface area contributed by atoms with Crippen molar-refractivity contribution in [1.82, 2.24) is 0 Å². The number of rotatable bonds is 6. The lowest BCUT2D eigenvalue weighted by molar-refractivity contribution is -0.111. The fourth-order valence-corrected chi connectivity index (χ4v) is 1.38. The summed E-state index contributed by atoms with van der Waals surface area (Å²) in [5.41, 5.74) is 0.604. The van der Waals surface area contributed by atoms with Crippen LogP contribution in [0, 0.1) is 0 Å². The summed E-state index contributed by atoms with van der Waals surface area (Å²) in [6, 6.07) is 7.76. The summed E-state index contributed by atoms with van der Waals surface area (Å²) in [7, 11) is 0. The van der Waals surface area contributed by atoms with Crippen LogP contribution in [0.15, 0.2) is 24.3 Å². The minimum Gasteiger partial charge on any atom is -0.494 e. The largest absolute Gasteiger partial charge is 0.494 e. The van der Waals surface area contributed by atoms with Gasteiger partial charge in [0.15, 0.2) is 0 Å². The maximum absolute atomic E-state index is 10.9. The summed E-state index contributed by atoms with van der Waals surface area (Å²) in [5.74, 6) is 0.874. The molecule has 0 spiro atoms. The third kappa shape index (κ3) is 3.37. The van der Waals surface area contributed by atoms with Crippen molar-refractivity contribution in [2.24, 2.45) is 0 Å². The second kappa shape index (κ2) is 5.69. The zero-order valence-corrected chi connectivity index (χ0v) is 10.3. The molecule has 0 N–H and O–H groups in total. The predicted octanol–water partition coefficient (Wildman–Crippen LogP) is 3.34. The van der Waals surface area contributed by atoms with Crippen LogP contribution in [0.25, 0.3) is 0 Å². The van der Waals surface area contributed by atoms with Gasteiger partial charge >= 0.3 is 0 Å². The topological polar surface area (TPSA) is 26.3 Å². The zero-order valence-electron chi connectivity index (χ0n) is 10.3. The lowest BCUT2D eigenvalue weighted by Crippen LogP contribution is -2.18. The molecule has 0 aromatic heterocycles. The quantitative estimate of drug-likeness (QED) is 0.543. The molecule has 0 saturated heterocycles. The molecule has 0 amide bonds. The molecular formula is C14H20O2. The lowest BCUT2D eigenvalue weighted by Gasteiger charge is -2.17. The van der Waals surface area contributed by atoms with Crippen LogP contribution in [-0.4, -0.2) is 12.9 Å². The van der Waals surface area contributed by atoms with Crippen LogP contribution < -0.4 is 4.74 Å². The second-order valence-electron chi connectivity index (χ2n) is 4.57. The van der Waals surface area contributed by atoms with Gasteiger partial charge in [0, 0.05) is 5.41 Å². The number of ether oxygens (including phenoxy) is 1. The molecule has 2 heteroatoms. The summed E-state index contributed by atoms with van der Waals surface area (Å²) in [5, 5.41) is 0. The Morgan fingerprint density at radius 1 is 1.25 bits per heavy atom. The van der Waals surface area contributed by atoms with Crippen LogP contribution in [0.1, 0.15) is 39.2 Å². The van der Waals surface area contributed by atoms with Gasteiger partial charge in [-0.2, -0.15) is 0 Å². The molecular weight excluding hydrogens is 200 g/mol. The number of hydrogen-bond donors (Lipinski definition) is 0. The van der Waals surface area contributed by atoms with Crippen LogP contribution in [0.2, 0.25) is 0 Å². The van der Waals surface area contributed by atoms with E-state index in [1.165, 1.54) is 0 Å². The van der Waals surface area contributed by atoms with E-state index in [0.717, 1.165) is 37.0 Å². The van der Waals surface area contributed by atoms with E-state index in [2.05, 4.69) is 6.92 Å². The van der Waals surface area contributed by atoms with Gasteiger partial charge in [0.25, 0.3) is 0 Å². The summed E-state index contributed by atoms with van der Waals surface area (Å²) in [6.07, 6.45) is 3.18. The van der Waals surface area contributed by atoms with E-state index < -0.39 is 5.41 Å². The van der Waals surface area contributed by atoms with E-state index in [1.54, 1.807) is 0 Å². The van der Waals surface area contributed by atoms with Crippen LogP contribution in [-0.2, 0) is 10.2 Å². The SMILES string of the molecule is CCCCOc1ccc(C(C)(C)C=O)cc1. The first-order valence-corrected chi connectivity index (χ1v) is 5.80. The van der Waals surface area contributed by atoms with E-state index in [1.807, 2.05) is 38.1 Å². The van der Waals surface area contributed by atoms with E-state index in [9.17, 15) is 4.79 Å². The van der Waals surface area contributed by atoms with Crippen molar-refractivity contribution in [3.8, 4) is 5.75 Å². The maximum Gasteiger partial charge on any atom is 0.129 e. The number of benzene rings is 1. The van der Waals surface area contributed by atoms with Crippen LogP contribution in [0.5, 0.6) is 5.75 Å². The molecule has 0 atom stereocenters. The molecule has 1 aromatic carbocycles. The fraction of sp³-hybridized carbons (Fsp3) is 0.500. The van der Waals surface area contributed by atoms with Crippen molar-refractivity contribution in [2.45, 2.75) is 39.0 Å². The van der Waals surface area contributed by atoms with E-state index >= 15 is 0 Å². The van der Waals surface area contributed by atoms with E-state index in [4.69, 9.17) is 4.74 Å². The molecule has 0 aliphatic heterocycles. The fourth-order valence-electron chi connectivity index (χ4n) is 1.38. The van der Waals surface area contributed by atoms with Gasteiger partial charge in [-0.1, -0.05) is 25.5 Å². The van der Waals surface area contributed by atoms with E-state index in [0.29, 0.717) is 0 Å². The van der Waals surface area contributed by atoms with E-state index in [-0.39, 0.29) is 0 Å². The number of aldehydes is 1. The number of carbonyl (C=O) groups excluding carboxylic acids is 1. The number of unbranched alkanes of at least 4 members (excludes halogenated alkanes) is 1. The summed E-state index contributed by atoms with van der Waals surface area (Å²) >= 11 is 0.